The van der Waals surface area contributed by atoms with E-state index in [2.05, 4.69) is 26.0 Å². The molecule has 3 aliphatic heterocycles. The number of carbonyl (C=O) groups is 3. The molecule has 1 unspecified atom stereocenters. The molecule has 14 nitrogen and oxygen atoms in total. The van der Waals surface area contributed by atoms with Gasteiger partial charge in [0, 0.05) is 30.5 Å². The van der Waals surface area contributed by atoms with E-state index in [1.54, 1.807) is 13.1 Å². The number of likely N-dealkylation sites (tertiary alicyclic amines) is 1. The highest BCUT2D eigenvalue weighted by Gasteiger charge is 2.64. The minimum atomic E-state index is -1.20. The zero-order valence-electron chi connectivity index (χ0n) is 17.0. The summed E-state index contributed by atoms with van der Waals surface area (Å²) in [6.45, 7) is 0.369. The number of ether oxygens (including phenoxy) is 1. The van der Waals surface area contributed by atoms with Crippen LogP contribution in [0.2, 0.25) is 0 Å². The fraction of sp³-hybridized carbons (Fsp3) is 0.471. The Bertz CT molecular complexity index is 1140. The van der Waals surface area contributed by atoms with E-state index in [0.717, 1.165) is 11.8 Å². The molecule has 2 aromatic heterocycles. The molecule has 0 saturated carbocycles. The number of aryl methyl sites for hydroxylation is 1. The van der Waals surface area contributed by atoms with Crippen LogP contribution in [-0.4, -0.2) is 83.9 Å². The van der Waals surface area contributed by atoms with Crippen LogP contribution in [0.5, 0.6) is 5.88 Å². The van der Waals surface area contributed by atoms with E-state index in [4.69, 9.17) is 9.26 Å². The zero-order valence-corrected chi connectivity index (χ0v) is 17.8. The highest BCUT2D eigenvalue weighted by Crippen LogP contribution is 2.53. The fourth-order valence-electron chi connectivity index (χ4n) is 4.34. The van der Waals surface area contributed by atoms with Crippen molar-refractivity contribution in [3.05, 3.63) is 22.4 Å². The number of methoxy groups -OCH3 is 1. The van der Waals surface area contributed by atoms with Crippen molar-refractivity contribution in [2.75, 3.05) is 13.7 Å². The number of hydrogen-bond acceptors (Lipinski definition) is 10. The average molecular weight is 462 g/mol. The maximum absolute atomic E-state index is 12.9. The number of nitrogens with one attached hydrogen (secondary N) is 1. The minimum absolute atomic E-state index is 0.0646. The van der Waals surface area contributed by atoms with Gasteiger partial charge in [0.15, 0.2) is 5.76 Å². The lowest BCUT2D eigenvalue weighted by Gasteiger charge is -2.53. The number of carbonyl (C=O) groups excluding carboxylic acids is 2. The second-order valence-corrected chi connectivity index (χ2v) is 8.44. The topological polar surface area (TPSA) is 169 Å². The van der Waals surface area contributed by atoms with Crippen LogP contribution in [0.25, 0.3) is 0 Å². The first-order valence-electron chi connectivity index (χ1n) is 9.65. The second kappa shape index (κ2) is 7.51. The molecule has 0 bridgehead atoms. The molecule has 3 aliphatic rings. The van der Waals surface area contributed by atoms with Crippen molar-refractivity contribution >= 4 is 29.7 Å². The third-order valence-corrected chi connectivity index (χ3v) is 7.00. The predicted octanol–water partition coefficient (Wildman–Crippen LogP) is -0.580. The molecule has 2 fully saturated rings. The summed E-state index contributed by atoms with van der Waals surface area (Å²) < 4.78 is 11.4. The van der Waals surface area contributed by atoms with Crippen molar-refractivity contribution in [3.63, 3.8) is 0 Å². The Hall–Kier alpha value is -3.62. The number of carboxylic acids is 1. The summed E-state index contributed by atoms with van der Waals surface area (Å²) in [5.41, 5.74) is -0.0646. The van der Waals surface area contributed by atoms with Crippen molar-refractivity contribution in [2.45, 2.75) is 30.2 Å². The molecular formula is C17H18N8O6S. The molecule has 2 N–H and O–H groups in total. The van der Waals surface area contributed by atoms with Gasteiger partial charge in [0.2, 0.25) is 5.16 Å². The quantitative estimate of drug-likeness (QED) is 0.527. The van der Waals surface area contributed by atoms with Gasteiger partial charge < -0.3 is 24.6 Å². The van der Waals surface area contributed by atoms with Crippen molar-refractivity contribution < 1.29 is 28.8 Å². The predicted molar refractivity (Wildman–Crippen MR) is 104 cm³/mol. The van der Waals surface area contributed by atoms with Crippen LogP contribution >= 0.6 is 11.8 Å². The fourth-order valence-corrected chi connectivity index (χ4v) is 5.48. The summed E-state index contributed by atoms with van der Waals surface area (Å²) in [4.78, 5) is 41.0. The van der Waals surface area contributed by atoms with E-state index in [1.165, 1.54) is 21.6 Å². The molecule has 3 amide bonds. The summed E-state index contributed by atoms with van der Waals surface area (Å²) >= 11 is 1.14. The smallest absolute Gasteiger partial charge is 0.353 e. The Morgan fingerprint density at radius 1 is 1.44 bits per heavy atom. The van der Waals surface area contributed by atoms with Crippen molar-refractivity contribution in [1.82, 2.24) is 40.5 Å². The first-order valence-corrected chi connectivity index (χ1v) is 10.5. The summed E-state index contributed by atoms with van der Waals surface area (Å²) in [5.74, 6) is -1.13. The molecule has 2 aromatic rings. The normalized spacial score (nSPS) is 23.8. The summed E-state index contributed by atoms with van der Waals surface area (Å²) in [6.07, 6.45) is 0.499. The van der Waals surface area contributed by atoms with Gasteiger partial charge in [0.05, 0.1) is 19.7 Å². The van der Waals surface area contributed by atoms with Crippen LogP contribution in [0.15, 0.2) is 26.3 Å². The van der Waals surface area contributed by atoms with E-state index >= 15 is 0 Å². The molecule has 0 aromatic carbocycles. The third kappa shape index (κ3) is 2.99. The van der Waals surface area contributed by atoms with E-state index in [-0.39, 0.29) is 18.2 Å². The molecule has 0 aliphatic carbocycles. The number of tetrazole rings is 1. The first-order chi connectivity index (χ1) is 15.4. The van der Waals surface area contributed by atoms with Gasteiger partial charge >= 0.3 is 12.0 Å². The number of amides is 3. The maximum atomic E-state index is 12.9. The number of piperidine rings is 1. The van der Waals surface area contributed by atoms with Gasteiger partial charge in [-0.15, -0.1) is 5.10 Å². The number of aliphatic carboxylic acids is 1. The molecular weight excluding hydrogens is 444 g/mol. The van der Waals surface area contributed by atoms with Gasteiger partial charge in [0.25, 0.3) is 11.8 Å². The van der Waals surface area contributed by atoms with E-state index in [9.17, 15) is 19.5 Å². The van der Waals surface area contributed by atoms with Crippen molar-refractivity contribution in [1.29, 1.82) is 0 Å². The van der Waals surface area contributed by atoms with E-state index in [1.807, 2.05) is 0 Å². The number of urea groups is 1. The number of carboxylic acid groups (broad SMARTS) is 1. The van der Waals surface area contributed by atoms with Gasteiger partial charge in [-0.1, -0.05) is 0 Å². The van der Waals surface area contributed by atoms with Gasteiger partial charge in [-0.2, -0.15) is 0 Å². The van der Waals surface area contributed by atoms with Crippen LogP contribution < -0.4 is 10.1 Å². The standard InChI is InChI=1S/C17H18N8O6S/c1-23-17(19-21-22-23)32-13-8-3-4-24(11-10(8)25(14(11)26)12(13)15(27)28)16(29)18-6-7-5-9(30-2)20-31-7/h5,8,10-11H,3-4,6H2,1-2H3,(H,18,29)(H,27,28)/t8?,10-,11+/m1/s1. The summed E-state index contributed by atoms with van der Waals surface area (Å²) in [6, 6.07) is -0.0503. The van der Waals surface area contributed by atoms with Gasteiger partial charge in [-0.05, 0) is 33.8 Å². The maximum Gasteiger partial charge on any atom is 0.353 e. The van der Waals surface area contributed by atoms with Gasteiger partial charge in [-0.25, -0.2) is 14.3 Å². The number of nitrogens with zero attached hydrogens (tertiary/aromatic N) is 7. The Kier molecular flexibility index (Phi) is 4.76. The monoisotopic (exact) mass is 462 g/mol. The number of thioether (sulfide) groups is 1. The largest absolute Gasteiger partial charge is 0.479 e. The van der Waals surface area contributed by atoms with Crippen molar-refractivity contribution in [2.24, 2.45) is 13.0 Å². The lowest BCUT2D eigenvalue weighted by atomic mass is 9.81. The molecule has 5 heterocycles. The lowest BCUT2D eigenvalue weighted by molar-refractivity contribution is -0.160. The molecule has 0 spiro atoms. The van der Waals surface area contributed by atoms with E-state index in [0.29, 0.717) is 34.7 Å². The van der Waals surface area contributed by atoms with Crippen LogP contribution in [-0.2, 0) is 23.2 Å². The molecule has 5 rings (SSSR count). The van der Waals surface area contributed by atoms with E-state index < -0.39 is 30.0 Å². The molecule has 2 saturated heterocycles. The molecule has 15 heteroatoms. The van der Waals surface area contributed by atoms with Gasteiger partial charge in [0.1, 0.15) is 11.7 Å². The number of β-lactam (4-membered cyclic amide) rings is 1. The highest BCUT2D eigenvalue weighted by molar-refractivity contribution is 8.03. The zero-order chi connectivity index (χ0) is 22.6. The van der Waals surface area contributed by atoms with Crippen LogP contribution in [0.3, 0.4) is 0 Å². The average Bonchev–Trinajstić information content (AvgIpc) is 3.48. The van der Waals surface area contributed by atoms with Crippen LogP contribution in [0.1, 0.15) is 12.2 Å². The lowest BCUT2D eigenvalue weighted by Crippen LogP contribution is -2.74. The Morgan fingerprint density at radius 3 is 2.91 bits per heavy atom. The molecule has 0 radical (unpaired) electrons. The number of aromatic nitrogens is 5. The summed E-state index contributed by atoms with van der Waals surface area (Å²) in [5, 5.41) is 27.9. The summed E-state index contributed by atoms with van der Waals surface area (Å²) in [7, 11) is 3.10. The first kappa shape index (κ1) is 20.3. The number of rotatable bonds is 6. The molecule has 32 heavy (non-hydrogen) atoms. The van der Waals surface area contributed by atoms with Gasteiger partial charge in [-0.3, -0.25) is 9.69 Å². The highest BCUT2D eigenvalue weighted by atomic mass is 32.2. The minimum Gasteiger partial charge on any atom is -0.479 e. The Morgan fingerprint density at radius 2 is 2.25 bits per heavy atom. The molecule has 168 valence electrons. The Labute approximate surface area is 184 Å². The third-order valence-electron chi connectivity index (χ3n) is 5.76. The van der Waals surface area contributed by atoms with Crippen molar-refractivity contribution in [3.8, 4) is 5.88 Å². The molecule has 3 atom stereocenters. The van der Waals surface area contributed by atoms with Crippen LogP contribution in [0, 0.1) is 5.92 Å². The SMILES string of the molecule is COc1cc(CNC(=O)N2CCC3C(Sc4nnnn4C)=C(C(=O)O)N4C(=O)[C@@H]2[C@@H]34)on1. The Balaban J connectivity index is 1.34. The number of hydrogen-bond donors (Lipinski definition) is 2. The second-order valence-electron chi connectivity index (χ2n) is 7.43. The van der Waals surface area contributed by atoms with Crippen LogP contribution in [0.4, 0.5) is 4.79 Å².